The van der Waals surface area contributed by atoms with Crippen molar-refractivity contribution in [2.24, 2.45) is 5.92 Å². The van der Waals surface area contributed by atoms with E-state index in [1.807, 2.05) is 38.1 Å². The summed E-state index contributed by atoms with van der Waals surface area (Å²) in [6, 6.07) is 11.9. The lowest BCUT2D eigenvalue weighted by atomic mass is 9.95. The number of fused-ring (bicyclic) bond motifs is 2. The van der Waals surface area contributed by atoms with Crippen LogP contribution in [-0.4, -0.2) is 45.9 Å². The van der Waals surface area contributed by atoms with Gasteiger partial charge in [-0.15, -0.1) is 0 Å². The number of rotatable bonds is 6. The second-order valence-corrected chi connectivity index (χ2v) is 8.62. The number of anilines is 1. The molecule has 1 saturated heterocycles. The van der Waals surface area contributed by atoms with Gasteiger partial charge in [0.15, 0.2) is 0 Å². The van der Waals surface area contributed by atoms with Crippen LogP contribution in [0.2, 0.25) is 0 Å². The number of carboxylic acid groups (broad SMARTS) is 1. The van der Waals surface area contributed by atoms with Gasteiger partial charge in [-0.3, -0.25) is 9.59 Å². The van der Waals surface area contributed by atoms with Crippen LogP contribution < -0.4 is 10.2 Å². The Kier molecular flexibility index (Phi) is 5.69. The summed E-state index contributed by atoms with van der Waals surface area (Å²) in [7, 11) is 0. The third-order valence-corrected chi connectivity index (χ3v) is 5.87. The molecule has 2 aromatic carbocycles. The van der Waals surface area contributed by atoms with Gasteiger partial charge >= 0.3 is 12.0 Å². The van der Waals surface area contributed by atoms with Crippen LogP contribution in [0.4, 0.5) is 10.5 Å². The molecule has 0 saturated carbocycles. The lowest BCUT2D eigenvalue weighted by Crippen LogP contribution is -2.41. The first kappa shape index (κ1) is 21.5. The Morgan fingerprint density at radius 2 is 1.81 bits per heavy atom. The molecule has 0 unspecified atom stereocenters. The summed E-state index contributed by atoms with van der Waals surface area (Å²) in [5.41, 5.74) is 2.55. The number of imide groups is 1. The zero-order valence-corrected chi connectivity index (χ0v) is 17.9. The number of urea groups is 1. The van der Waals surface area contributed by atoms with E-state index in [1.165, 1.54) is 12.1 Å². The van der Waals surface area contributed by atoms with Crippen molar-refractivity contribution in [2.45, 2.75) is 45.3 Å². The molecule has 166 valence electrons. The molecule has 4 rings (SSSR count). The van der Waals surface area contributed by atoms with Gasteiger partial charge in [0, 0.05) is 18.5 Å². The number of carbonyl (C=O) groups excluding carboxylic acids is 3. The van der Waals surface area contributed by atoms with Crippen molar-refractivity contribution in [3.63, 3.8) is 0 Å². The lowest BCUT2D eigenvalue weighted by molar-refractivity contribution is -0.139. The standard InChI is InChI=1S/C24H25N3O5/c1-14(2)10-19(23(30)31)25-21(28)16-8-5-9-18(11-16)27-22(29)20-12-15-6-3-4-7-17(15)13-26(20)24(27)32/h3-9,11,14,19-20H,10,12-13H2,1-2H3,(H,25,28)(H,30,31)/t19-,20-/m0/s1. The van der Waals surface area contributed by atoms with E-state index in [0.29, 0.717) is 25.1 Å². The van der Waals surface area contributed by atoms with Crippen molar-refractivity contribution in [3.8, 4) is 0 Å². The third kappa shape index (κ3) is 3.95. The zero-order valence-electron chi connectivity index (χ0n) is 17.9. The molecule has 2 aliphatic heterocycles. The highest BCUT2D eigenvalue weighted by molar-refractivity contribution is 6.21. The molecular formula is C24H25N3O5. The predicted octanol–water partition coefficient (Wildman–Crippen LogP) is 2.81. The van der Waals surface area contributed by atoms with Gasteiger partial charge in [0.05, 0.1) is 5.69 Å². The summed E-state index contributed by atoms with van der Waals surface area (Å²) >= 11 is 0. The molecule has 0 spiro atoms. The Bertz CT molecular complexity index is 1050. The predicted molar refractivity (Wildman–Crippen MR) is 117 cm³/mol. The van der Waals surface area contributed by atoms with Crippen LogP contribution in [0.5, 0.6) is 0 Å². The molecule has 2 aliphatic rings. The Hall–Kier alpha value is -3.68. The number of nitrogens with one attached hydrogen (secondary N) is 1. The van der Waals surface area contributed by atoms with Crippen molar-refractivity contribution in [3.05, 3.63) is 65.2 Å². The van der Waals surface area contributed by atoms with Crippen LogP contribution in [0.15, 0.2) is 48.5 Å². The first-order valence-corrected chi connectivity index (χ1v) is 10.6. The number of amides is 4. The topological polar surface area (TPSA) is 107 Å². The van der Waals surface area contributed by atoms with E-state index in [-0.39, 0.29) is 17.4 Å². The fraction of sp³-hybridized carbons (Fsp3) is 0.333. The summed E-state index contributed by atoms with van der Waals surface area (Å²) in [5, 5.41) is 11.9. The van der Waals surface area contributed by atoms with Gasteiger partial charge in [0.25, 0.3) is 11.8 Å². The number of hydrogen-bond acceptors (Lipinski definition) is 4. The number of aliphatic carboxylic acids is 1. The van der Waals surface area contributed by atoms with Crippen molar-refractivity contribution in [1.29, 1.82) is 0 Å². The maximum atomic E-state index is 13.1. The number of nitrogens with zero attached hydrogens (tertiary/aromatic N) is 2. The highest BCUT2D eigenvalue weighted by atomic mass is 16.4. The second kappa shape index (κ2) is 8.45. The van der Waals surface area contributed by atoms with E-state index < -0.39 is 30.0 Å². The maximum Gasteiger partial charge on any atom is 0.332 e. The molecule has 8 heteroatoms. The minimum Gasteiger partial charge on any atom is -0.480 e. The van der Waals surface area contributed by atoms with E-state index in [0.717, 1.165) is 16.0 Å². The SMILES string of the molecule is CC(C)C[C@H](NC(=O)c1cccc(N2C(=O)[C@@H]3Cc4ccccc4CN3C2=O)c1)C(=O)O. The van der Waals surface area contributed by atoms with Gasteiger partial charge in [-0.25, -0.2) is 14.5 Å². The number of carbonyl (C=O) groups is 4. The Morgan fingerprint density at radius 1 is 1.09 bits per heavy atom. The number of hydrogen-bond donors (Lipinski definition) is 2. The second-order valence-electron chi connectivity index (χ2n) is 8.62. The monoisotopic (exact) mass is 435 g/mol. The summed E-state index contributed by atoms with van der Waals surface area (Å²) in [5.74, 6) is -1.91. The molecule has 2 N–H and O–H groups in total. The van der Waals surface area contributed by atoms with Crippen LogP contribution >= 0.6 is 0 Å². The van der Waals surface area contributed by atoms with Gasteiger partial charge in [-0.2, -0.15) is 0 Å². The molecule has 2 aromatic rings. The molecule has 2 heterocycles. The van der Waals surface area contributed by atoms with Crippen molar-refractivity contribution in [2.75, 3.05) is 4.90 Å². The Labute approximate surface area is 185 Å². The van der Waals surface area contributed by atoms with Crippen molar-refractivity contribution < 1.29 is 24.3 Å². The largest absolute Gasteiger partial charge is 0.480 e. The minimum atomic E-state index is -1.11. The van der Waals surface area contributed by atoms with Gasteiger partial charge in [0.2, 0.25) is 0 Å². The van der Waals surface area contributed by atoms with E-state index >= 15 is 0 Å². The quantitative estimate of drug-likeness (QED) is 0.679. The fourth-order valence-electron chi connectivity index (χ4n) is 4.27. The zero-order chi connectivity index (χ0) is 23.0. The lowest BCUT2D eigenvalue weighted by Gasteiger charge is -2.28. The maximum absolute atomic E-state index is 13.1. The molecule has 0 aliphatic carbocycles. The molecule has 2 atom stereocenters. The summed E-state index contributed by atoms with van der Waals surface area (Å²) in [4.78, 5) is 53.0. The number of carboxylic acids is 1. The molecule has 0 bridgehead atoms. The molecule has 0 aromatic heterocycles. The first-order chi connectivity index (χ1) is 15.3. The Balaban J connectivity index is 1.56. The fourth-order valence-corrected chi connectivity index (χ4v) is 4.27. The van der Waals surface area contributed by atoms with E-state index in [2.05, 4.69) is 5.32 Å². The summed E-state index contributed by atoms with van der Waals surface area (Å²) in [6.07, 6.45) is 0.744. The molecule has 32 heavy (non-hydrogen) atoms. The molecule has 4 amide bonds. The van der Waals surface area contributed by atoms with Gasteiger partial charge < -0.3 is 15.3 Å². The van der Waals surface area contributed by atoms with Gasteiger partial charge in [-0.05, 0) is 41.7 Å². The summed E-state index contributed by atoms with van der Waals surface area (Å²) in [6.45, 7) is 4.11. The highest BCUT2D eigenvalue weighted by Gasteiger charge is 2.47. The average molecular weight is 435 g/mol. The first-order valence-electron chi connectivity index (χ1n) is 10.6. The Morgan fingerprint density at radius 3 is 2.50 bits per heavy atom. The van der Waals surface area contributed by atoms with Crippen molar-refractivity contribution in [1.82, 2.24) is 10.2 Å². The van der Waals surface area contributed by atoms with E-state index in [1.54, 1.807) is 17.0 Å². The highest BCUT2D eigenvalue weighted by Crippen LogP contribution is 2.33. The molecule has 0 radical (unpaired) electrons. The van der Waals surface area contributed by atoms with Gasteiger partial charge in [0.1, 0.15) is 12.1 Å². The smallest absolute Gasteiger partial charge is 0.332 e. The normalized spacial score (nSPS) is 18.4. The van der Waals surface area contributed by atoms with Crippen molar-refractivity contribution >= 4 is 29.5 Å². The number of benzene rings is 2. The van der Waals surface area contributed by atoms with Crippen LogP contribution in [0.25, 0.3) is 0 Å². The summed E-state index contributed by atoms with van der Waals surface area (Å²) < 4.78 is 0. The molecule has 8 nitrogen and oxygen atoms in total. The molecule has 1 fully saturated rings. The van der Waals surface area contributed by atoms with E-state index in [4.69, 9.17) is 0 Å². The van der Waals surface area contributed by atoms with E-state index in [9.17, 15) is 24.3 Å². The van der Waals surface area contributed by atoms with Crippen LogP contribution in [0.3, 0.4) is 0 Å². The third-order valence-electron chi connectivity index (χ3n) is 5.87. The average Bonchev–Trinajstić information content (AvgIpc) is 3.01. The van der Waals surface area contributed by atoms with Crippen LogP contribution in [-0.2, 0) is 22.6 Å². The van der Waals surface area contributed by atoms with Crippen LogP contribution in [0, 0.1) is 5.92 Å². The molecular weight excluding hydrogens is 410 g/mol. The van der Waals surface area contributed by atoms with Gasteiger partial charge in [-0.1, -0.05) is 44.2 Å². The minimum absolute atomic E-state index is 0.0871. The van der Waals surface area contributed by atoms with Crippen LogP contribution in [0.1, 0.15) is 41.8 Å².